The molecule has 0 aromatic heterocycles. The van der Waals surface area contributed by atoms with Gasteiger partial charge in [-0.2, -0.15) is 4.31 Å². The largest absolute Gasteiger partial charge is 0.389 e. The van der Waals surface area contributed by atoms with Crippen LogP contribution in [0.4, 0.5) is 4.39 Å². The quantitative estimate of drug-likeness (QED) is 0.926. The van der Waals surface area contributed by atoms with E-state index in [1.165, 1.54) is 13.1 Å². The van der Waals surface area contributed by atoms with Gasteiger partial charge in [-0.05, 0) is 31.0 Å². The molecule has 1 aliphatic rings. The van der Waals surface area contributed by atoms with E-state index in [9.17, 15) is 17.9 Å². The summed E-state index contributed by atoms with van der Waals surface area (Å²) in [5.74, 6) is -0.666. The molecular formula is C13H17ClFNO3S. The van der Waals surface area contributed by atoms with Crippen molar-refractivity contribution >= 4 is 21.6 Å². The fourth-order valence-corrected chi connectivity index (χ4v) is 4.27. The summed E-state index contributed by atoms with van der Waals surface area (Å²) in [6.45, 7) is -0.0117. The van der Waals surface area contributed by atoms with Crippen molar-refractivity contribution in [2.45, 2.75) is 36.2 Å². The molecule has 0 radical (unpaired) electrons. The van der Waals surface area contributed by atoms with Crippen LogP contribution in [-0.2, 0) is 10.0 Å². The van der Waals surface area contributed by atoms with Gasteiger partial charge >= 0.3 is 0 Å². The minimum Gasteiger partial charge on any atom is -0.389 e. The van der Waals surface area contributed by atoms with E-state index in [1.807, 2.05) is 0 Å². The number of aliphatic hydroxyl groups is 1. The standard InChI is InChI=1S/C13H17ClFNO3S/c1-16(9-13(17)6-2-3-7-13)20(18,19)12-8-10(15)4-5-11(12)14/h4-5,8,17H,2-3,6-7,9H2,1H3. The maximum atomic E-state index is 13.2. The molecule has 0 atom stereocenters. The van der Waals surface area contributed by atoms with Crippen molar-refractivity contribution in [2.75, 3.05) is 13.6 Å². The molecule has 1 aromatic carbocycles. The Morgan fingerprint density at radius 2 is 2.00 bits per heavy atom. The van der Waals surface area contributed by atoms with E-state index in [1.54, 1.807) is 0 Å². The highest BCUT2D eigenvalue weighted by atomic mass is 35.5. The van der Waals surface area contributed by atoms with Crippen molar-refractivity contribution in [1.29, 1.82) is 0 Å². The summed E-state index contributed by atoms with van der Waals surface area (Å²) < 4.78 is 39.1. The summed E-state index contributed by atoms with van der Waals surface area (Å²) >= 11 is 5.84. The SMILES string of the molecule is CN(CC1(O)CCCC1)S(=O)(=O)c1cc(F)ccc1Cl. The number of hydrogen-bond acceptors (Lipinski definition) is 3. The van der Waals surface area contributed by atoms with E-state index in [0.717, 1.165) is 29.3 Å². The average Bonchev–Trinajstić information content (AvgIpc) is 2.78. The molecule has 1 aromatic rings. The van der Waals surface area contributed by atoms with Gasteiger partial charge in [0.15, 0.2) is 0 Å². The van der Waals surface area contributed by atoms with Crippen molar-refractivity contribution in [3.05, 3.63) is 29.0 Å². The van der Waals surface area contributed by atoms with Crippen LogP contribution < -0.4 is 0 Å². The van der Waals surface area contributed by atoms with Gasteiger partial charge in [0, 0.05) is 13.6 Å². The molecule has 20 heavy (non-hydrogen) atoms. The molecule has 112 valence electrons. The molecule has 0 heterocycles. The molecule has 0 aliphatic heterocycles. The van der Waals surface area contributed by atoms with E-state index < -0.39 is 21.4 Å². The second kappa shape index (κ2) is 5.60. The number of benzene rings is 1. The molecule has 1 N–H and O–H groups in total. The molecule has 0 spiro atoms. The highest BCUT2D eigenvalue weighted by molar-refractivity contribution is 7.89. The van der Waals surface area contributed by atoms with Gasteiger partial charge in [-0.25, -0.2) is 12.8 Å². The molecule has 7 heteroatoms. The van der Waals surface area contributed by atoms with Gasteiger partial charge in [0.2, 0.25) is 10.0 Å². The predicted molar refractivity (Wildman–Crippen MR) is 74.6 cm³/mol. The first-order chi connectivity index (χ1) is 9.24. The summed E-state index contributed by atoms with van der Waals surface area (Å²) in [5.41, 5.74) is -0.998. The van der Waals surface area contributed by atoms with Gasteiger partial charge in [-0.3, -0.25) is 0 Å². The van der Waals surface area contributed by atoms with E-state index >= 15 is 0 Å². The second-order valence-corrected chi connectivity index (χ2v) is 7.69. The van der Waals surface area contributed by atoms with Crippen molar-refractivity contribution in [3.63, 3.8) is 0 Å². The molecule has 2 rings (SSSR count). The van der Waals surface area contributed by atoms with E-state index in [-0.39, 0.29) is 16.5 Å². The molecule has 0 saturated heterocycles. The molecule has 0 amide bonds. The van der Waals surface area contributed by atoms with Crippen LogP contribution in [0.15, 0.2) is 23.1 Å². The lowest BCUT2D eigenvalue weighted by molar-refractivity contribution is 0.0333. The first kappa shape index (κ1) is 15.7. The Morgan fingerprint density at radius 3 is 2.60 bits per heavy atom. The third-order valence-corrected chi connectivity index (χ3v) is 5.92. The van der Waals surface area contributed by atoms with Crippen LogP contribution in [0.2, 0.25) is 5.02 Å². The number of hydrogen-bond donors (Lipinski definition) is 1. The van der Waals surface area contributed by atoms with Gasteiger partial charge in [0.25, 0.3) is 0 Å². The number of halogens is 2. The van der Waals surface area contributed by atoms with E-state index in [0.29, 0.717) is 12.8 Å². The Morgan fingerprint density at radius 1 is 1.40 bits per heavy atom. The van der Waals surface area contributed by atoms with Crippen LogP contribution in [0.25, 0.3) is 0 Å². The lowest BCUT2D eigenvalue weighted by Crippen LogP contribution is -2.42. The van der Waals surface area contributed by atoms with E-state index in [4.69, 9.17) is 11.6 Å². The van der Waals surface area contributed by atoms with Crippen molar-refractivity contribution in [1.82, 2.24) is 4.31 Å². The molecule has 1 fully saturated rings. The van der Waals surface area contributed by atoms with Crippen LogP contribution in [0, 0.1) is 5.82 Å². The molecule has 1 aliphatic carbocycles. The maximum absolute atomic E-state index is 13.2. The summed E-state index contributed by atoms with van der Waals surface area (Å²) in [7, 11) is -2.55. The number of likely N-dealkylation sites (N-methyl/N-ethyl adjacent to an activating group) is 1. The average molecular weight is 322 g/mol. The molecule has 0 unspecified atom stereocenters. The number of sulfonamides is 1. The lowest BCUT2D eigenvalue weighted by atomic mass is 10.0. The minimum absolute atomic E-state index is 0.0117. The van der Waals surface area contributed by atoms with Gasteiger partial charge in [0.1, 0.15) is 10.7 Å². The summed E-state index contributed by atoms with van der Waals surface area (Å²) in [5, 5.41) is 10.3. The first-order valence-corrected chi connectivity index (χ1v) is 8.20. The Kier molecular flexibility index (Phi) is 4.39. The Hall–Kier alpha value is -0.690. The zero-order valence-corrected chi connectivity index (χ0v) is 12.7. The van der Waals surface area contributed by atoms with Gasteiger partial charge in [-0.15, -0.1) is 0 Å². The topological polar surface area (TPSA) is 57.6 Å². The van der Waals surface area contributed by atoms with Crippen LogP contribution in [0.5, 0.6) is 0 Å². The fraction of sp³-hybridized carbons (Fsp3) is 0.538. The Bertz CT molecular complexity index is 600. The van der Waals surface area contributed by atoms with Crippen molar-refractivity contribution in [3.8, 4) is 0 Å². The second-order valence-electron chi connectivity index (χ2n) is 5.27. The van der Waals surface area contributed by atoms with Crippen molar-refractivity contribution in [2.24, 2.45) is 0 Å². The highest BCUT2D eigenvalue weighted by Crippen LogP contribution is 2.32. The Balaban J connectivity index is 2.27. The van der Waals surface area contributed by atoms with Crippen LogP contribution >= 0.6 is 11.6 Å². The lowest BCUT2D eigenvalue weighted by Gasteiger charge is -2.28. The van der Waals surface area contributed by atoms with Crippen LogP contribution in [0.1, 0.15) is 25.7 Å². The third kappa shape index (κ3) is 3.14. The molecule has 0 bridgehead atoms. The van der Waals surface area contributed by atoms with Gasteiger partial charge in [-0.1, -0.05) is 24.4 Å². The zero-order chi connectivity index (χ0) is 15.0. The number of rotatable bonds is 4. The zero-order valence-electron chi connectivity index (χ0n) is 11.1. The smallest absolute Gasteiger partial charge is 0.244 e. The Labute approximate surface area is 123 Å². The first-order valence-electron chi connectivity index (χ1n) is 6.38. The maximum Gasteiger partial charge on any atom is 0.244 e. The highest BCUT2D eigenvalue weighted by Gasteiger charge is 2.36. The monoisotopic (exact) mass is 321 g/mol. The minimum atomic E-state index is -3.92. The summed E-state index contributed by atoms with van der Waals surface area (Å²) in [6.07, 6.45) is 2.91. The third-order valence-electron chi connectivity index (χ3n) is 3.63. The van der Waals surface area contributed by atoms with E-state index in [2.05, 4.69) is 0 Å². The molecule has 1 saturated carbocycles. The van der Waals surface area contributed by atoms with Crippen LogP contribution in [0.3, 0.4) is 0 Å². The summed E-state index contributed by atoms with van der Waals surface area (Å²) in [4.78, 5) is -0.275. The fourth-order valence-electron chi connectivity index (χ4n) is 2.53. The normalized spacial score (nSPS) is 18.6. The molecular weight excluding hydrogens is 305 g/mol. The van der Waals surface area contributed by atoms with Crippen LogP contribution in [-0.4, -0.2) is 37.0 Å². The number of nitrogens with zero attached hydrogens (tertiary/aromatic N) is 1. The summed E-state index contributed by atoms with van der Waals surface area (Å²) in [6, 6.07) is 3.21. The van der Waals surface area contributed by atoms with Crippen molar-refractivity contribution < 1.29 is 17.9 Å². The predicted octanol–water partition coefficient (Wildman–Crippen LogP) is 2.40. The molecule has 4 nitrogen and oxygen atoms in total. The van der Waals surface area contributed by atoms with Gasteiger partial charge in [0.05, 0.1) is 10.6 Å². The van der Waals surface area contributed by atoms with Gasteiger partial charge < -0.3 is 5.11 Å².